The molecule has 0 aromatic carbocycles. The van der Waals surface area contributed by atoms with E-state index in [0.717, 1.165) is 24.4 Å². The third-order valence-corrected chi connectivity index (χ3v) is 5.56. The van der Waals surface area contributed by atoms with Crippen molar-refractivity contribution >= 4 is 11.4 Å². The van der Waals surface area contributed by atoms with Gasteiger partial charge >= 0.3 is 6.18 Å². The number of pyridine rings is 1. The van der Waals surface area contributed by atoms with Gasteiger partial charge in [-0.2, -0.15) is 18.3 Å². The fourth-order valence-electron chi connectivity index (χ4n) is 2.60. The Labute approximate surface area is 147 Å². The Balaban J connectivity index is 1.85. The molecular formula is C16H19F3N4OS. The van der Waals surface area contributed by atoms with Gasteiger partial charge in [0, 0.05) is 29.7 Å². The molecule has 3 rings (SSSR count). The van der Waals surface area contributed by atoms with Crippen LogP contribution in [0.15, 0.2) is 24.4 Å². The number of nitrogens with zero attached hydrogens (tertiary/aromatic N) is 3. The van der Waals surface area contributed by atoms with Gasteiger partial charge in [0.15, 0.2) is 0 Å². The van der Waals surface area contributed by atoms with Crippen molar-refractivity contribution in [3.63, 3.8) is 0 Å². The van der Waals surface area contributed by atoms with Crippen molar-refractivity contribution in [2.24, 2.45) is 0 Å². The summed E-state index contributed by atoms with van der Waals surface area (Å²) in [5, 5.41) is 4.39. The molecule has 0 bridgehead atoms. The monoisotopic (exact) mass is 372 g/mol. The van der Waals surface area contributed by atoms with Crippen LogP contribution in [0.5, 0.6) is 0 Å². The van der Waals surface area contributed by atoms with Gasteiger partial charge in [-0.3, -0.25) is 9.67 Å². The summed E-state index contributed by atoms with van der Waals surface area (Å²) in [6.45, 7) is 6.27. The average Bonchev–Trinajstić information content (AvgIpc) is 3.07. The Kier molecular flexibility index (Phi) is 4.59. The molecule has 0 amide bonds. The summed E-state index contributed by atoms with van der Waals surface area (Å²) in [5.41, 5.74) is 0.704. The van der Waals surface area contributed by atoms with Crippen molar-refractivity contribution in [1.29, 1.82) is 0 Å². The second-order valence-corrected chi connectivity index (χ2v) is 8.94. The fraction of sp³-hybridized carbons (Fsp3) is 0.500. The smallest absolute Gasteiger partial charge is 0.433 e. The molecule has 1 aliphatic rings. The van der Waals surface area contributed by atoms with Crippen molar-refractivity contribution < 1.29 is 17.7 Å². The van der Waals surface area contributed by atoms with Gasteiger partial charge in [-0.05, 0) is 45.4 Å². The van der Waals surface area contributed by atoms with Gasteiger partial charge in [-0.25, -0.2) is 0 Å². The largest absolute Gasteiger partial charge is 0.598 e. The van der Waals surface area contributed by atoms with E-state index in [-0.39, 0.29) is 6.04 Å². The summed E-state index contributed by atoms with van der Waals surface area (Å²) in [7, 11) is 0. The van der Waals surface area contributed by atoms with Gasteiger partial charge in [0.1, 0.15) is 10.4 Å². The first-order valence-corrected chi connectivity index (χ1v) is 9.00. The normalized spacial score (nSPS) is 19.1. The van der Waals surface area contributed by atoms with Crippen LogP contribution in [-0.2, 0) is 24.1 Å². The molecule has 1 N–H and O–H groups in total. The minimum atomic E-state index is -4.49. The average molecular weight is 372 g/mol. The van der Waals surface area contributed by atoms with Gasteiger partial charge in [0.05, 0.1) is 17.4 Å². The Morgan fingerprint density at radius 3 is 2.64 bits per heavy atom. The van der Waals surface area contributed by atoms with Crippen molar-refractivity contribution in [2.45, 2.75) is 50.7 Å². The van der Waals surface area contributed by atoms with Gasteiger partial charge in [0.2, 0.25) is 0 Å². The van der Waals surface area contributed by atoms with E-state index in [4.69, 9.17) is 0 Å². The van der Waals surface area contributed by atoms with Crippen LogP contribution in [0.3, 0.4) is 0 Å². The predicted octanol–water partition coefficient (Wildman–Crippen LogP) is 3.46. The second kappa shape index (κ2) is 6.30. The molecule has 3 heterocycles. The van der Waals surface area contributed by atoms with E-state index in [1.807, 2.05) is 20.8 Å². The number of fused-ring (bicyclic) bond motifs is 1. The SMILES string of the molecule is CC(C)(C)[S@@+]([O-])N[C@H]1CCn2nc(-c3ccnc(C(F)(F)F)c3)cc21. The summed E-state index contributed by atoms with van der Waals surface area (Å²) < 4.78 is 55.2. The maximum atomic E-state index is 12.8. The van der Waals surface area contributed by atoms with Crippen LogP contribution >= 0.6 is 0 Å². The third-order valence-electron chi connectivity index (χ3n) is 3.95. The van der Waals surface area contributed by atoms with Crippen LogP contribution in [0.25, 0.3) is 11.3 Å². The first-order chi connectivity index (χ1) is 11.6. The van der Waals surface area contributed by atoms with E-state index in [2.05, 4.69) is 14.8 Å². The van der Waals surface area contributed by atoms with Crippen LogP contribution in [0, 0.1) is 0 Å². The lowest BCUT2D eigenvalue weighted by atomic mass is 10.1. The molecule has 2 aromatic heterocycles. The zero-order valence-electron chi connectivity index (χ0n) is 14.1. The Bertz CT molecular complexity index is 769. The highest BCUT2D eigenvalue weighted by Gasteiger charge is 2.35. The summed E-state index contributed by atoms with van der Waals surface area (Å²) in [6, 6.07) is 4.11. The lowest BCUT2D eigenvalue weighted by Crippen LogP contribution is -2.40. The van der Waals surface area contributed by atoms with Crippen molar-refractivity contribution in [3.8, 4) is 11.3 Å². The van der Waals surface area contributed by atoms with Crippen molar-refractivity contribution in [1.82, 2.24) is 19.5 Å². The van der Waals surface area contributed by atoms with Crippen LogP contribution in [0.2, 0.25) is 0 Å². The molecule has 0 fully saturated rings. The third kappa shape index (κ3) is 3.83. The molecule has 0 unspecified atom stereocenters. The van der Waals surface area contributed by atoms with Gasteiger partial charge in [0.25, 0.3) is 0 Å². The minimum absolute atomic E-state index is 0.134. The number of nitrogens with one attached hydrogen (secondary N) is 1. The van der Waals surface area contributed by atoms with Crippen LogP contribution in [-0.4, -0.2) is 24.1 Å². The summed E-state index contributed by atoms with van der Waals surface area (Å²) in [4.78, 5) is 3.37. The molecule has 25 heavy (non-hydrogen) atoms. The molecular weight excluding hydrogens is 353 g/mol. The Morgan fingerprint density at radius 2 is 2.00 bits per heavy atom. The molecule has 9 heteroatoms. The van der Waals surface area contributed by atoms with Gasteiger partial charge in [-0.15, -0.1) is 4.72 Å². The fourth-order valence-corrected chi connectivity index (χ4v) is 3.45. The molecule has 0 saturated heterocycles. The molecule has 5 nitrogen and oxygen atoms in total. The highest BCUT2D eigenvalue weighted by Crippen LogP contribution is 2.34. The first-order valence-electron chi connectivity index (χ1n) is 7.85. The van der Waals surface area contributed by atoms with Gasteiger partial charge in [-0.1, -0.05) is 0 Å². The quantitative estimate of drug-likeness (QED) is 0.838. The van der Waals surface area contributed by atoms with E-state index in [9.17, 15) is 17.7 Å². The zero-order chi connectivity index (χ0) is 18.4. The number of alkyl halides is 3. The first kappa shape index (κ1) is 18.2. The minimum Gasteiger partial charge on any atom is -0.598 e. The standard InChI is InChI=1S/C16H19F3N4OS/c1-15(2,3)25(24)22-11-5-7-23-13(11)9-12(21-23)10-4-6-20-14(8-10)16(17,18)19/h4,6,8-9,11,22H,5,7H2,1-3H3/t11-,25+/m0/s1. The van der Waals surface area contributed by atoms with Crippen molar-refractivity contribution in [2.75, 3.05) is 0 Å². The van der Waals surface area contributed by atoms with Crippen LogP contribution in [0.4, 0.5) is 13.2 Å². The highest BCUT2D eigenvalue weighted by atomic mass is 32.2. The summed E-state index contributed by atoms with van der Waals surface area (Å²) >= 11 is -1.23. The molecule has 2 atom stereocenters. The van der Waals surface area contributed by atoms with Crippen molar-refractivity contribution in [3.05, 3.63) is 35.8 Å². The molecule has 2 aromatic rings. The lowest BCUT2D eigenvalue weighted by molar-refractivity contribution is -0.141. The Hall–Kier alpha value is -1.58. The second-order valence-electron chi connectivity index (χ2n) is 6.95. The molecule has 136 valence electrons. The topological polar surface area (TPSA) is 65.8 Å². The molecule has 0 saturated carbocycles. The number of rotatable bonds is 3. The summed E-state index contributed by atoms with van der Waals surface area (Å²) in [5.74, 6) is 0. The van der Waals surface area contributed by atoms with Gasteiger partial charge < -0.3 is 4.55 Å². The molecule has 0 spiro atoms. The number of aryl methyl sites for hydroxylation is 1. The predicted molar refractivity (Wildman–Crippen MR) is 88.8 cm³/mol. The molecule has 1 aliphatic heterocycles. The maximum Gasteiger partial charge on any atom is 0.433 e. The molecule has 0 radical (unpaired) electrons. The number of halogens is 3. The van der Waals surface area contributed by atoms with E-state index in [0.29, 0.717) is 17.8 Å². The maximum absolute atomic E-state index is 12.8. The molecule has 0 aliphatic carbocycles. The van der Waals surface area contributed by atoms with Crippen LogP contribution < -0.4 is 4.72 Å². The van der Waals surface area contributed by atoms with Crippen LogP contribution in [0.1, 0.15) is 44.6 Å². The lowest BCUT2D eigenvalue weighted by Gasteiger charge is -2.26. The van der Waals surface area contributed by atoms with E-state index in [1.54, 1.807) is 10.7 Å². The number of hydrogen-bond donors (Lipinski definition) is 1. The zero-order valence-corrected chi connectivity index (χ0v) is 14.9. The van der Waals surface area contributed by atoms with E-state index < -0.39 is 28.0 Å². The number of hydrogen-bond acceptors (Lipinski definition) is 4. The van der Waals surface area contributed by atoms with E-state index in [1.165, 1.54) is 6.07 Å². The van der Waals surface area contributed by atoms with E-state index >= 15 is 0 Å². The highest BCUT2D eigenvalue weighted by molar-refractivity contribution is 7.90. The number of aromatic nitrogens is 3. The summed E-state index contributed by atoms with van der Waals surface area (Å²) in [6.07, 6.45) is -2.62. The Morgan fingerprint density at radius 1 is 1.28 bits per heavy atom.